The van der Waals surface area contributed by atoms with Crippen molar-refractivity contribution in [3.63, 3.8) is 0 Å². The van der Waals surface area contributed by atoms with Gasteiger partial charge in [0.05, 0.1) is 15.8 Å². The molecule has 10 nitrogen and oxygen atoms in total. The number of aryl methyl sites for hydroxylation is 2. The molecule has 2 heterocycles. The SMILES string of the molecule is Cc1ccnc(NC(=O)C(Cc2ccccc2)NS(=O)(=O)c2ccc3c(c2)c(=O)n(C)c(=O)n3C)c1. The zero-order chi connectivity index (χ0) is 26.0. The van der Waals surface area contributed by atoms with Crippen LogP contribution in [0.3, 0.4) is 0 Å². The minimum Gasteiger partial charge on any atom is -0.309 e. The quantitative estimate of drug-likeness (QED) is 0.389. The number of fused-ring (bicyclic) bond motifs is 1. The van der Waals surface area contributed by atoms with Gasteiger partial charge in [-0.05, 0) is 54.8 Å². The first kappa shape index (κ1) is 25.0. The topological polar surface area (TPSA) is 132 Å². The van der Waals surface area contributed by atoms with Crippen LogP contribution in [0.1, 0.15) is 11.1 Å². The highest BCUT2D eigenvalue weighted by molar-refractivity contribution is 7.89. The van der Waals surface area contributed by atoms with Crippen LogP contribution in [0.25, 0.3) is 10.9 Å². The molecule has 0 aliphatic carbocycles. The van der Waals surface area contributed by atoms with Gasteiger partial charge in [-0.1, -0.05) is 30.3 Å². The van der Waals surface area contributed by atoms with Crippen LogP contribution in [-0.4, -0.2) is 34.5 Å². The maximum atomic E-state index is 13.4. The van der Waals surface area contributed by atoms with E-state index in [0.29, 0.717) is 11.3 Å². The molecule has 0 saturated carbocycles. The number of hydrogen-bond acceptors (Lipinski definition) is 6. The Hall–Kier alpha value is -4.09. The standard InChI is InChI=1S/C25H25N5O5S/c1-16-11-12-26-22(13-16)27-23(31)20(14-17-7-5-4-6-8-17)28-36(34,35)18-9-10-21-19(15-18)24(32)30(3)25(33)29(21)2/h4-13,15,20,28H,14H2,1-3H3,(H,26,27,31). The summed E-state index contributed by atoms with van der Waals surface area (Å²) >= 11 is 0. The smallest absolute Gasteiger partial charge is 0.309 e. The Morgan fingerprint density at radius 1 is 1.00 bits per heavy atom. The molecule has 1 atom stereocenters. The van der Waals surface area contributed by atoms with Crippen molar-refractivity contribution in [2.75, 3.05) is 5.32 Å². The Balaban J connectivity index is 1.71. The molecule has 186 valence electrons. The molecule has 0 spiro atoms. The molecule has 4 rings (SSSR count). The lowest BCUT2D eigenvalue weighted by molar-refractivity contribution is -0.117. The molecular weight excluding hydrogens is 482 g/mol. The fourth-order valence-electron chi connectivity index (χ4n) is 3.85. The Bertz CT molecular complexity index is 1680. The van der Waals surface area contributed by atoms with Crippen LogP contribution in [0.4, 0.5) is 5.82 Å². The van der Waals surface area contributed by atoms with Crippen molar-refractivity contribution < 1.29 is 13.2 Å². The second-order valence-corrected chi connectivity index (χ2v) is 10.2. The number of carbonyl (C=O) groups is 1. The van der Waals surface area contributed by atoms with E-state index in [2.05, 4.69) is 15.0 Å². The van der Waals surface area contributed by atoms with Crippen LogP contribution in [0, 0.1) is 6.92 Å². The lowest BCUT2D eigenvalue weighted by Gasteiger charge is -2.19. The highest BCUT2D eigenvalue weighted by Gasteiger charge is 2.27. The lowest BCUT2D eigenvalue weighted by Crippen LogP contribution is -2.45. The number of anilines is 1. The first-order valence-electron chi connectivity index (χ1n) is 11.1. The fraction of sp³-hybridized carbons (Fsp3) is 0.200. The lowest BCUT2D eigenvalue weighted by atomic mass is 10.1. The average Bonchev–Trinajstić information content (AvgIpc) is 2.86. The minimum absolute atomic E-state index is 0.0653. The number of benzene rings is 2. The summed E-state index contributed by atoms with van der Waals surface area (Å²) < 4.78 is 31.3. The first-order valence-corrected chi connectivity index (χ1v) is 12.5. The van der Waals surface area contributed by atoms with Gasteiger partial charge in [0, 0.05) is 20.3 Å². The normalized spacial score (nSPS) is 12.4. The van der Waals surface area contributed by atoms with Crippen molar-refractivity contribution in [3.8, 4) is 0 Å². The van der Waals surface area contributed by atoms with Gasteiger partial charge >= 0.3 is 5.69 Å². The maximum absolute atomic E-state index is 13.4. The van der Waals surface area contributed by atoms with E-state index in [0.717, 1.165) is 15.7 Å². The van der Waals surface area contributed by atoms with Crippen LogP contribution in [0.5, 0.6) is 0 Å². The summed E-state index contributed by atoms with van der Waals surface area (Å²) in [6, 6.07) is 15.2. The third kappa shape index (κ3) is 5.11. The van der Waals surface area contributed by atoms with Crippen LogP contribution < -0.4 is 21.3 Å². The van der Waals surface area contributed by atoms with Crippen molar-refractivity contribution in [2.24, 2.45) is 14.1 Å². The van der Waals surface area contributed by atoms with Crippen LogP contribution in [-0.2, 0) is 35.3 Å². The largest absolute Gasteiger partial charge is 0.330 e. The van der Waals surface area contributed by atoms with Crippen LogP contribution in [0.2, 0.25) is 0 Å². The maximum Gasteiger partial charge on any atom is 0.330 e. The number of nitrogens with zero attached hydrogens (tertiary/aromatic N) is 3. The molecule has 0 fully saturated rings. The van der Waals surface area contributed by atoms with Crippen molar-refractivity contribution in [1.82, 2.24) is 18.8 Å². The molecule has 1 amide bonds. The second kappa shape index (κ2) is 9.88. The molecule has 36 heavy (non-hydrogen) atoms. The summed E-state index contributed by atoms with van der Waals surface area (Å²) in [5, 5.41) is 2.73. The van der Waals surface area contributed by atoms with Gasteiger partial charge in [0.2, 0.25) is 15.9 Å². The monoisotopic (exact) mass is 507 g/mol. The number of amides is 1. The molecule has 2 aromatic heterocycles. The van der Waals surface area contributed by atoms with Gasteiger partial charge in [0.15, 0.2) is 0 Å². The van der Waals surface area contributed by atoms with Crippen LogP contribution in [0.15, 0.2) is 81.3 Å². The van der Waals surface area contributed by atoms with E-state index in [1.807, 2.05) is 13.0 Å². The van der Waals surface area contributed by atoms with E-state index in [-0.39, 0.29) is 16.7 Å². The Morgan fingerprint density at radius 3 is 2.42 bits per heavy atom. The number of rotatable bonds is 7. The number of sulfonamides is 1. The van der Waals surface area contributed by atoms with Gasteiger partial charge < -0.3 is 5.32 Å². The van der Waals surface area contributed by atoms with Crippen molar-refractivity contribution in [3.05, 3.63) is 98.8 Å². The Morgan fingerprint density at radius 2 is 1.72 bits per heavy atom. The Kier molecular flexibility index (Phi) is 6.86. The van der Waals surface area contributed by atoms with Crippen molar-refractivity contribution in [1.29, 1.82) is 0 Å². The van der Waals surface area contributed by atoms with E-state index in [1.165, 1.54) is 36.9 Å². The van der Waals surface area contributed by atoms with E-state index < -0.39 is 33.2 Å². The average molecular weight is 508 g/mol. The molecule has 2 N–H and O–H groups in total. The summed E-state index contributed by atoms with van der Waals surface area (Å²) in [5.41, 5.74) is 0.790. The van der Waals surface area contributed by atoms with E-state index in [4.69, 9.17) is 0 Å². The van der Waals surface area contributed by atoms with Gasteiger partial charge in [-0.25, -0.2) is 18.2 Å². The Labute approximate surface area is 207 Å². The van der Waals surface area contributed by atoms with Gasteiger partial charge in [-0.15, -0.1) is 0 Å². The summed E-state index contributed by atoms with van der Waals surface area (Å²) in [4.78, 5) is 41.9. The van der Waals surface area contributed by atoms with E-state index >= 15 is 0 Å². The summed E-state index contributed by atoms with van der Waals surface area (Å²) in [6.45, 7) is 1.85. The second-order valence-electron chi connectivity index (χ2n) is 8.46. The minimum atomic E-state index is -4.24. The number of nitrogens with one attached hydrogen (secondary N) is 2. The number of carbonyl (C=O) groups excluding carboxylic acids is 1. The predicted molar refractivity (Wildman–Crippen MR) is 136 cm³/mol. The fourth-order valence-corrected chi connectivity index (χ4v) is 5.07. The number of hydrogen-bond donors (Lipinski definition) is 2. The third-order valence-electron chi connectivity index (χ3n) is 5.81. The molecule has 4 aromatic rings. The molecule has 2 aromatic carbocycles. The molecule has 0 saturated heterocycles. The molecular formula is C25H25N5O5S. The zero-order valence-electron chi connectivity index (χ0n) is 19.9. The molecule has 11 heteroatoms. The summed E-state index contributed by atoms with van der Waals surface area (Å²) in [5.74, 6) is -0.285. The molecule has 0 aliphatic rings. The van der Waals surface area contributed by atoms with Gasteiger partial charge in [0.25, 0.3) is 5.56 Å². The number of aromatic nitrogens is 3. The summed E-state index contributed by atoms with van der Waals surface area (Å²) in [7, 11) is -1.42. The van der Waals surface area contributed by atoms with E-state index in [9.17, 15) is 22.8 Å². The highest BCUT2D eigenvalue weighted by atomic mass is 32.2. The van der Waals surface area contributed by atoms with Crippen LogP contribution >= 0.6 is 0 Å². The number of pyridine rings is 1. The van der Waals surface area contributed by atoms with Gasteiger partial charge in [0.1, 0.15) is 11.9 Å². The molecule has 1 unspecified atom stereocenters. The van der Waals surface area contributed by atoms with Crippen molar-refractivity contribution >= 4 is 32.7 Å². The predicted octanol–water partition coefficient (Wildman–Crippen LogP) is 1.47. The zero-order valence-corrected chi connectivity index (χ0v) is 20.7. The van der Waals surface area contributed by atoms with Crippen molar-refractivity contribution in [2.45, 2.75) is 24.3 Å². The van der Waals surface area contributed by atoms with E-state index in [1.54, 1.807) is 42.6 Å². The van der Waals surface area contributed by atoms with Gasteiger partial charge in [-0.3, -0.25) is 18.7 Å². The first-order chi connectivity index (χ1) is 17.1. The summed E-state index contributed by atoms with van der Waals surface area (Å²) in [6.07, 6.45) is 1.63. The highest BCUT2D eigenvalue weighted by Crippen LogP contribution is 2.17. The molecule has 0 bridgehead atoms. The molecule has 0 aliphatic heterocycles. The third-order valence-corrected chi connectivity index (χ3v) is 7.28. The van der Waals surface area contributed by atoms with Gasteiger partial charge in [-0.2, -0.15) is 4.72 Å². The molecule has 0 radical (unpaired) electrons.